The van der Waals surface area contributed by atoms with Crippen molar-refractivity contribution < 1.29 is 14.4 Å². The van der Waals surface area contributed by atoms with Crippen LogP contribution in [0.1, 0.15) is 22.8 Å². The van der Waals surface area contributed by atoms with Gasteiger partial charge in [-0.2, -0.15) is 0 Å². The fraction of sp³-hybridized carbons (Fsp3) is 0.211. The van der Waals surface area contributed by atoms with Crippen molar-refractivity contribution in [2.24, 2.45) is 0 Å². The fourth-order valence-electron chi connectivity index (χ4n) is 3.43. The molecule has 0 atom stereocenters. The lowest BCUT2D eigenvalue weighted by Gasteiger charge is -2.29. The standard InChI is InChI=1S/C19H17N3O3/c1-12(23)21-9-8-13-10-14(6-7-16(13)21)19(25)22-11-18(24)20-15-4-2-3-5-17(15)22/h2-7,10H,8-9,11H2,1H3,(H,20,24). The zero-order valence-electron chi connectivity index (χ0n) is 13.8. The molecule has 6 heteroatoms. The third kappa shape index (κ3) is 2.55. The minimum atomic E-state index is -0.216. The van der Waals surface area contributed by atoms with Gasteiger partial charge in [-0.1, -0.05) is 12.1 Å². The summed E-state index contributed by atoms with van der Waals surface area (Å²) in [7, 11) is 0. The van der Waals surface area contributed by atoms with Gasteiger partial charge in [-0.3, -0.25) is 19.3 Å². The Labute approximate surface area is 145 Å². The van der Waals surface area contributed by atoms with Gasteiger partial charge >= 0.3 is 0 Å². The third-order valence-electron chi connectivity index (χ3n) is 4.62. The van der Waals surface area contributed by atoms with Gasteiger partial charge in [0.15, 0.2) is 0 Å². The van der Waals surface area contributed by atoms with Gasteiger partial charge in [-0.25, -0.2) is 0 Å². The average Bonchev–Trinajstić information content (AvgIpc) is 3.03. The highest BCUT2D eigenvalue weighted by Gasteiger charge is 2.29. The molecule has 2 aliphatic heterocycles. The molecule has 0 radical (unpaired) electrons. The van der Waals surface area contributed by atoms with E-state index in [1.165, 1.54) is 11.8 Å². The molecule has 0 unspecified atom stereocenters. The molecule has 0 spiro atoms. The van der Waals surface area contributed by atoms with E-state index in [0.29, 0.717) is 23.5 Å². The lowest BCUT2D eigenvalue weighted by molar-refractivity contribution is -0.116. The SMILES string of the molecule is CC(=O)N1CCc2cc(C(=O)N3CC(=O)Nc4ccccc43)ccc21. The number of nitrogens with one attached hydrogen (secondary N) is 1. The van der Waals surface area contributed by atoms with E-state index in [1.807, 2.05) is 30.3 Å². The number of rotatable bonds is 1. The van der Waals surface area contributed by atoms with Gasteiger partial charge in [0.05, 0.1) is 11.4 Å². The van der Waals surface area contributed by atoms with E-state index in [0.717, 1.165) is 17.7 Å². The van der Waals surface area contributed by atoms with Gasteiger partial charge in [0, 0.05) is 24.7 Å². The maximum absolute atomic E-state index is 13.0. The number of anilines is 3. The summed E-state index contributed by atoms with van der Waals surface area (Å²) in [5, 5.41) is 2.78. The summed E-state index contributed by atoms with van der Waals surface area (Å²) < 4.78 is 0. The molecule has 0 saturated carbocycles. The average molecular weight is 335 g/mol. The highest BCUT2D eigenvalue weighted by Crippen LogP contribution is 2.32. The minimum absolute atomic E-state index is 0.000504. The van der Waals surface area contributed by atoms with Crippen molar-refractivity contribution in [3.8, 4) is 0 Å². The Morgan fingerprint density at radius 1 is 1.04 bits per heavy atom. The molecule has 4 rings (SSSR count). The summed E-state index contributed by atoms with van der Waals surface area (Å²) in [4.78, 5) is 39.8. The van der Waals surface area contributed by atoms with Gasteiger partial charge in [0.1, 0.15) is 6.54 Å². The van der Waals surface area contributed by atoms with E-state index in [4.69, 9.17) is 0 Å². The Kier molecular flexibility index (Phi) is 3.53. The van der Waals surface area contributed by atoms with E-state index in [-0.39, 0.29) is 24.3 Å². The van der Waals surface area contributed by atoms with Crippen LogP contribution < -0.4 is 15.1 Å². The number of hydrogen-bond donors (Lipinski definition) is 1. The number of carbonyl (C=O) groups is 3. The second kappa shape index (κ2) is 5.73. The molecule has 1 N–H and O–H groups in total. The van der Waals surface area contributed by atoms with Crippen LogP contribution in [-0.2, 0) is 16.0 Å². The van der Waals surface area contributed by atoms with Crippen molar-refractivity contribution in [2.75, 3.05) is 28.2 Å². The Hall–Kier alpha value is -3.15. The molecule has 2 heterocycles. The molecule has 126 valence electrons. The van der Waals surface area contributed by atoms with Gasteiger partial charge in [-0.05, 0) is 42.3 Å². The quantitative estimate of drug-likeness (QED) is 0.868. The van der Waals surface area contributed by atoms with Crippen molar-refractivity contribution in [1.82, 2.24) is 0 Å². The minimum Gasteiger partial charge on any atom is -0.323 e. The molecule has 0 aromatic heterocycles. The molecule has 2 aromatic rings. The molecular formula is C19H17N3O3. The van der Waals surface area contributed by atoms with E-state index >= 15 is 0 Å². The highest BCUT2D eigenvalue weighted by molar-refractivity contribution is 6.15. The van der Waals surface area contributed by atoms with Crippen LogP contribution in [0, 0.1) is 0 Å². The number of amides is 3. The van der Waals surface area contributed by atoms with Crippen LogP contribution in [0.2, 0.25) is 0 Å². The van der Waals surface area contributed by atoms with E-state index in [1.54, 1.807) is 17.0 Å². The third-order valence-corrected chi connectivity index (χ3v) is 4.62. The molecule has 2 aromatic carbocycles. The van der Waals surface area contributed by atoms with Crippen molar-refractivity contribution in [2.45, 2.75) is 13.3 Å². The monoisotopic (exact) mass is 335 g/mol. The first-order valence-corrected chi connectivity index (χ1v) is 8.16. The number of benzene rings is 2. The largest absolute Gasteiger partial charge is 0.323 e. The Balaban J connectivity index is 1.69. The first kappa shape index (κ1) is 15.4. The van der Waals surface area contributed by atoms with E-state index in [2.05, 4.69) is 5.32 Å². The molecule has 0 saturated heterocycles. The lowest BCUT2D eigenvalue weighted by Crippen LogP contribution is -2.42. The fourth-order valence-corrected chi connectivity index (χ4v) is 3.43. The summed E-state index contributed by atoms with van der Waals surface area (Å²) in [5.74, 6) is -0.429. The summed E-state index contributed by atoms with van der Waals surface area (Å²) in [5.41, 5.74) is 3.69. The van der Waals surface area contributed by atoms with Crippen LogP contribution in [0.3, 0.4) is 0 Å². The summed E-state index contributed by atoms with van der Waals surface area (Å²) in [6, 6.07) is 12.6. The Morgan fingerprint density at radius 2 is 1.84 bits per heavy atom. The topological polar surface area (TPSA) is 69.7 Å². The number of carbonyl (C=O) groups excluding carboxylic acids is 3. The number of nitrogens with zero attached hydrogens (tertiary/aromatic N) is 2. The zero-order valence-corrected chi connectivity index (χ0v) is 13.8. The number of fused-ring (bicyclic) bond motifs is 2. The van der Waals surface area contributed by atoms with Crippen molar-refractivity contribution in [3.05, 3.63) is 53.6 Å². The van der Waals surface area contributed by atoms with Crippen molar-refractivity contribution >= 4 is 34.8 Å². The first-order valence-electron chi connectivity index (χ1n) is 8.16. The summed E-state index contributed by atoms with van der Waals surface area (Å²) in [6.07, 6.45) is 0.729. The van der Waals surface area contributed by atoms with Crippen LogP contribution in [-0.4, -0.2) is 30.8 Å². The summed E-state index contributed by atoms with van der Waals surface area (Å²) in [6.45, 7) is 2.17. The Bertz CT molecular complexity index is 907. The van der Waals surface area contributed by atoms with Crippen LogP contribution >= 0.6 is 0 Å². The number of hydrogen-bond acceptors (Lipinski definition) is 3. The molecule has 0 bridgehead atoms. The van der Waals surface area contributed by atoms with E-state index in [9.17, 15) is 14.4 Å². The van der Waals surface area contributed by atoms with Crippen molar-refractivity contribution in [3.63, 3.8) is 0 Å². The molecule has 6 nitrogen and oxygen atoms in total. The first-order chi connectivity index (χ1) is 12.0. The highest BCUT2D eigenvalue weighted by atomic mass is 16.2. The second-order valence-corrected chi connectivity index (χ2v) is 6.22. The maximum Gasteiger partial charge on any atom is 0.258 e. The molecule has 25 heavy (non-hydrogen) atoms. The molecule has 2 aliphatic rings. The molecule has 0 fully saturated rings. The van der Waals surface area contributed by atoms with Crippen LogP contribution in [0.25, 0.3) is 0 Å². The number of para-hydroxylation sites is 2. The maximum atomic E-state index is 13.0. The normalized spacial score (nSPS) is 15.5. The van der Waals surface area contributed by atoms with Crippen LogP contribution in [0.5, 0.6) is 0 Å². The lowest BCUT2D eigenvalue weighted by atomic mass is 10.1. The van der Waals surface area contributed by atoms with Crippen LogP contribution in [0.4, 0.5) is 17.1 Å². The van der Waals surface area contributed by atoms with Crippen molar-refractivity contribution in [1.29, 1.82) is 0 Å². The second-order valence-electron chi connectivity index (χ2n) is 6.22. The molecule has 3 amide bonds. The smallest absolute Gasteiger partial charge is 0.258 e. The summed E-state index contributed by atoms with van der Waals surface area (Å²) >= 11 is 0. The van der Waals surface area contributed by atoms with Crippen LogP contribution in [0.15, 0.2) is 42.5 Å². The van der Waals surface area contributed by atoms with Gasteiger partial charge < -0.3 is 10.2 Å². The molecule has 0 aliphatic carbocycles. The molecular weight excluding hydrogens is 318 g/mol. The Morgan fingerprint density at radius 3 is 2.64 bits per heavy atom. The zero-order chi connectivity index (χ0) is 17.6. The van der Waals surface area contributed by atoms with E-state index < -0.39 is 0 Å². The van der Waals surface area contributed by atoms with Gasteiger partial charge in [-0.15, -0.1) is 0 Å². The predicted octanol–water partition coefficient (Wildman–Crippen LogP) is 2.19. The van der Waals surface area contributed by atoms with Gasteiger partial charge in [0.2, 0.25) is 11.8 Å². The van der Waals surface area contributed by atoms with Gasteiger partial charge in [0.25, 0.3) is 5.91 Å². The predicted molar refractivity (Wildman–Crippen MR) is 94.9 cm³/mol.